The first-order chi connectivity index (χ1) is 16.6. The quantitative estimate of drug-likeness (QED) is 0.447. The lowest BCUT2D eigenvalue weighted by Gasteiger charge is -2.35. The van der Waals surface area contributed by atoms with Gasteiger partial charge >= 0.3 is 0 Å². The Morgan fingerprint density at radius 2 is 1.56 bits per heavy atom. The predicted molar refractivity (Wildman–Crippen MR) is 135 cm³/mol. The summed E-state index contributed by atoms with van der Waals surface area (Å²) in [5, 5.41) is 14.0. The first kappa shape index (κ1) is 21.7. The summed E-state index contributed by atoms with van der Waals surface area (Å²) in [6.45, 7) is 6.29. The fourth-order valence-corrected chi connectivity index (χ4v) is 5.39. The molecule has 1 N–H and O–H groups in total. The molecule has 2 aliphatic heterocycles. The zero-order valence-corrected chi connectivity index (χ0v) is 19.7. The van der Waals surface area contributed by atoms with Gasteiger partial charge in [0.05, 0.1) is 12.6 Å². The molecule has 0 aliphatic carbocycles. The van der Waals surface area contributed by atoms with E-state index in [0.29, 0.717) is 19.9 Å². The minimum atomic E-state index is -0.449. The summed E-state index contributed by atoms with van der Waals surface area (Å²) in [6, 6.07) is 20.5. The molecule has 4 aromatic rings. The first-order valence-electron chi connectivity index (χ1n) is 11.8. The van der Waals surface area contributed by atoms with Gasteiger partial charge in [0.2, 0.25) is 6.79 Å². The molecule has 6 rings (SSSR count). The standard InChI is InChI=1S/C27H28ClN3O3/c28-20-6-7-25-23(14-20)22-3-1-2-4-24(22)31(25)17-21(32)16-30-11-9-29(10-12-30)15-19-5-8-26-27(13-19)34-18-33-26/h1-8,13-14,21,32H,9-12,15-18H2. The van der Waals surface area contributed by atoms with Gasteiger partial charge in [-0.2, -0.15) is 0 Å². The van der Waals surface area contributed by atoms with Crippen LogP contribution >= 0.6 is 11.6 Å². The van der Waals surface area contributed by atoms with E-state index in [0.717, 1.165) is 65.7 Å². The summed E-state index contributed by atoms with van der Waals surface area (Å²) in [4.78, 5) is 4.82. The van der Waals surface area contributed by atoms with Crippen LogP contribution in [0.4, 0.5) is 0 Å². The van der Waals surface area contributed by atoms with Crippen molar-refractivity contribution in [2.24, 2.45) is 0 Å². The van der Waals surface area contributed by atoms with Gasteiger partial charge in [-0.1, -0.05) is 35.9 Å². The molecule has 1 atom stereocenters. The number of nitrogens with zero attached hydrogens (tertiary/aromatic N) is 3. The second-order valence-electron chi connectivity index (χ2n) is 9.21. The maximum Gasteiger partial charge on any atom is 0.231 e. The maximum atomic E-state index is 11.0. The number of halogens is 1. The number of fused-ring (bicyclic) bond motifs is 4. The lowest BCUT2D eigenvalue weighted by Crippen LogP contribution is -2.48. The number of hydrogen-bond acceptors (Lipinski definition) is 5. The number of aliphatic hydroxyl groups excluding tert-OH is 1. The molecule has 6 nitrogen and oxygen atoms in total. The van der Waals surface area contributed by atoms with Gasteiger partial charge in [0.15, 0.2) is 11.5 Å². The number of aromatic nitrogens is 1. The van der Waals surface area contributed by atoms with Crippen LogP contribution in [-0.2, 0) is 13.1 Å². The third-order valence-corrected chi connectivity index (χ3v) is 7.14. The molecule has 0 amide bonds. The Morgan fingerprint density at radius 3 is 2.44 bits per heavy atom. The van der Waals surface area contributed by atoms with Gasteiger partial charge in [0.25, 0.3) is 0 Å². The van der Waals surface area contributed by atoms with Crippen molar-refractivity contribution in [2.45, 2.75) is 19.2 Å². The van der Waals surface area contributed by atoms with Gasteiger partial charge in [-0.3, -0.25) is 9.80 Å². The highest BCUT2D eigenvalue weighted by Crippen LogP contribution is 2.33. The molecule has 0 spiro atoms. The molecule has 1 unspecified atom stereocenters. The largest absolute Gasteiger partial charge is 0.454 e. The molecule has 1 fully saturated rings. The number of piperazine rings is 1. The molecular weight excluding hydrogens is 450 g/mol. The molecule has 2 aliphatic rings. The number of rotatable bonds is 6. The summed E-state index contributed by atoms with van der Waals surface area (Å²) in [5.41, 5.74) is 3.48. The second kappa shape index (κ2) is 9.12. The van der Waals surface area contributed by atoms with Crippen LogP contribution in [0.15, 0.2) is 60.7 Å². The first-order valence-corrected chi connectivity index (χ1v) is 12.2. The van der Waals surface area contributed by atoms with E-state index in [1.165, 1.54) is 10.9 Å². The van der Waals surface area contributed by atoms with Crippen molar-refractivity contribution >= 4 is 33.4 Å². The molecule has 0 bridgehead atoms. The van der Waals surface area contributed by atoms with E-state index in [2.05, 4.69) is 44.7 Å². The van der Waals surface area contributed by atoms with Crippen LogP contribution in [0.1, 0.15) is 5.56 Å². The molecule has 176 valence electrons. The van der Waals surface area contributed by atoms with Crippen LogP contribution in [-0.4, -0.2) is 65.1 Å². The molecule has 34 heavy (non-hydrogen) atoms. The van der Waals surface area contributed by atoms with Crippen molar-refractivity contribution < 1.29 is 14.6 Å². The summed E-state index contributed by atoms with van der Waals surface area (Å²) < 4.78 is 13.1. The summed E-state index contributed by atoms with van der Waals surface area (Å²) >= 11 is 6.27. The van der Waals surface area contributed by atoms with E-state index in [-0.39, 0.29) is 0 Å². The van der Waals surface area contributed by atoms with E-state index in [9.17, 15) is 5.11 Å². The van der Waals surface area contributed by atoms with Gasteiger partial charge < -0.3 is 19.1 Å². The molecule has 1 saturated heterocycles. The number of hydrogen-bond donors (Lipinski definition) is 1. The maximum absolute atomic E-state index is 11.0. The molecular formula is C27H28ClN3O3. The Balaban J connectivity index is 1.08. The minimum Gasteiger partial charge on any atom is -0.454 e. The summed E-state index contributed by atoms with van der Waals surface area (Å²) in [7, 11) is 0. The van der Waals surface area contributed by atoms with Crippen LogP contribution in [0.25, 0.3) is 21.8 Å². The molecule has 7 heteroatoms. The third kappa shape index (κ3) is 4.23. The number of aliphatic hydroxyl groups is 1. The third-order valence-electron chi connectivity index (χ3n) is 6.90. The second-order valence-corrected chi connectivity index (χ2v) is 9.64. The van der Waals surface area contributed by atoms with Crippen LogP contribution in [0, 0.1) is 0 Å². The van der Waals surface area contributed by atoms with Gasteiger partial charge in [-0.25, -0.2) is 0 Å². The van der Waals surface area contributed by atoms with Crippen LogP contribution < -0.4 is 9.47 Å². The van der Waals surface area contributed by atoms with Crippen LogP contribution in [0.2, 0.25) is 5.02 Å². The van der Waals surface area contributed by atoms with E-state index in [4.69, 9.17) is 21.1 Å². The fraction of sp³-hybridized carbons (Fsp3) is 0.333. The van der Waals surface area contributed by atoms with Crippen molar-refractivity contribution in [3.05, 3.63) is 71.2 Å². The van der Waals surface area contributed by atoms with Crippen molar-refractivity contribution in [2.75, 3.05) is 39.5 Å². The number of β-amino-alcohol motifs (C(OH)–C–C–N with tert-alkyl or cyclic N) is 1. The van der Waals surface area contributed by atoms with Crippen molar-refractivity contribution in [3.63, 3.8) is 0 Å². The Morgan fingerprint density at radius 1 is 0.794 bits per heavy atom. The highest BCUT2D eigenvalue weighted by atomic mass is 35.5. The summed E-state index contributed by atoms with van der Waals surface area (Å²) in [6.07, 6.45) is -0.449. The average Bonchev–Trinajstić information content (AvgIpc) is 3.43. The van der Waals surface area contributed by atoms with Gasteiger partial charge in [0.1, 0.15) is 0 Å². The van der Waals surface area contributed by atoms with E-state index >= 15 is 0 Å². The zero-order valence-electron chi connectivity index (χ0n) is 19.0. The molecule has 3 heterocycles. The number of benzene rings is 3. The van der Waals surface area contributed by atoms with Gasteiger partial charge in [-0.15, -0.1) is 0 Å². The normalized spacial score (nSPS) is 17.6. The Kier molecular flexibility index (Phi) is 5.83. The zero-order chi connectivity index (χ0) is 23.1. The smallest absolute Gasteiger partial charge is 0.231 e. The molecule has 3 aromatic carbocycles. The average molecular weight is 478 g/mol. The Hall–Kier alpha value is -2.77. The predicted octanol–water partition coefficient (Wildman–Crippen LogP) is 4.36. The lowest BCUT2D eigenvalue weighted by molar-refractivity contribution is 0.0633. The fourth-order valence-electron chi connectivity index (χ4n) is 5.22. The highest BCUT2D eigenvalue weighted by molar-refractivity contribution is 6.31. The van der Waals surface area contributed by atoms with Crippen LogP contribution in [0.5, 0.6) is 11.5 Å². The molecule has 0 saturated carbocycles. The van der Waals surface area contributed by atoms with Gasteiger partial charge in [0, 0.05) is 66.1 Å². The van der Waals surface area contributed by atoms with E-state index in [1.807, 2.05) is 30.3 Å². The van der Waals surface area contributed by atoms with E-state index < -0.39 is 6.10 Å². The topological polar surface area (TPSA) is 50.1 Å². The number of ether oxygens (including phenoxy) is 2. The summed E-state index contributed by atoms with van der Waals surface area (Å²) in [5.74, 6) is 1.67. The van der Waals surface area contributed by atoms with Gasteiger partial charge in [-0.05, 0) is 42.0 Å². The van der Waals surface area contributed by atoms with Crippen molar-refractivity contribution in [3.8, 4) is 11.5 Å². The molecule has 0 radical (unpaired) electrons. The lowest BCUT2D eigenvalue weighted by atomic mass is 10.1. The highest BCUT2D eigenvalue weighted by Gasteiger charge is 2.22. The van der Waals surface area contributed by atoms with E-state index in [1.54, 1.807) is 0 Å². The minimum absolute atomic E-state index is 0.308. The monoisotopic (exact) mass is 477 g/mol. The Bertz CT molecular complexity index is 1330. The van der Waals surface area contributed by atoms with Crippen LogP contribution in [0.3, 0.4) is 0 Å². The number of para-hydroxylation sites is 1. The van der Waals surface area contributed by atoms with Crippen molar-refractivity contribution in [1.82, 2.24) is 14.4 Å². The Labute approximate surface area is 203 Å². The molecule has 1 aromatic heterocycles. The SMILES string of the molecule is OC(CN1CCN(Cc2ccc3c(c2)OCO3)CC1)Cn1c2ccccc2c2cc(Cl)ccc21. The van der Waals surface area contributed by atoms with Crippen molar-refractivity contribution in [1.29, 1.82) is 0 Å².